The van der Waals surface area contributed by atoms with Gasteiger partial charge in [-0.05, 0) is 30.7 Å². The molecule has 0 saturated heterocycles. The number of hydrogen-bond donors (Lipinski definition) is 2. The van der Waals surface area contributed by atoms with Gasteiger partial charge >= 0.3 is 5.97 Å². The number of hydrogen-bond acceptors (Lipinski definition) is 2. The van der Waals surface area contributed by atoms with Crippen LogP contribution in [-0.2, 0) is 4.79 Å². The number of nitrogens with zero attached hydrogens (tertiary/aromatic N) is 1. The Balaban J connectivity index is 2.42. The number of carbonyl (C=O) groups is 1. The molecular formula is C11H10N2O2. The molecule has 15 heavy (non-hydrogen) atoms. The Labute approximate surface area is 86.3 Å². The molecule has 0 bridgehead atoms. The molecule has 0 saturated carbocycles. The Kier molecular flexibility index (Phi) is 2.25. The number of rotatable bonds is 2. The second kappa shape index (κ2) is 3.57. The Morgan fingerprint density at radius 1 is 1.53 bits per heavy atom. The molecule has 76 valence electrons. The van der Waals surface area contributed by atoms with Crippen LogP contribution in [0.4, 0.5) is 0 Å². The monoisotopic (exact) mass is 202 g/mol. The highest BCUT2D eigenvalue weighted by molar-refractivity contribution is 5.86. The van der Waals surface area contributed by atoms with E-state index in [1.165, 1.54) is 0 Å². The number of nitrogens with one attached hydrogen (secondary N) is 1. The highest BCUT2D eigenvalue weighted by Gasteiger charge is 1.98. The van der Waals surface area contributed by atoms with Gasteiger partial charge in [0.1, 0.15) is 5.82 Å². The van der Waals surface area contributed by atoms with Crippen molar-refractivity contribution in [1.29, 1.82) is 0 Å². The van der Waals surface area contributed by atoms with Crippen LogP contribution < -0.4 is 0 Å². The fourth-order valence-electron chi connectivity index (χ4n) is 1.43. The van der Waals surface area contributed by atoms with E-state index in [0.29, 0.717) is 0 Å². The van der Waals surface area contributed by atoms with Gasteiger partial charge in [-0.1, -0.05) is 6.07 Å². The minimum Gasteiger partial charge on any atom is -0.478 e. The van der Waals surface area contributed by atoms with Crippen LogP contribution in [0.25, 0.3) is 17.1 Å². The molecule has 0 aliphatic carbocycles. The van der Waals surface area contributed by atoms with Crippen LogP contribution in [-0.4, -0.2) is 21.0 Å². The number of carboxylic acids is 1. The summed E-state index contributed by atoms with van der Waals surface area (Å²) in [5, 5.41) is 8.49. The van der Waals surface area contributed by atoms with Gasteiger partial charge in [0.2, 0.25) is 0 Å². The van der Waals surface area contributed by atoms with Crippen molar-refractivity contribution in [3.8, 4) is 0 Å². The van der Waals surface area contributed by atoms with Crippen LogP contribution in [0.15, 0.2) is 24.3 Å². The van der Waals surface area contributed by atoms with Gasteiger partial charge in [0, 0.05) is 6.08 Å². The lowest BCUT2D eigenvalue weighted by Crippen LogP contribution is -1.85. The zero-order valence-corrected chi connectivity index (χ0v) is 8.19. The van der Waals surface area contributed by atoms with Gasteiger partial charge in [-0.25, -0.2) is 9.78 Å². The van der Waals surface area contributed by atoms with E-state index in [9.17, 15) is 4.79 Å². The van der Waals surface area contributed by atoms with Crippen molar-refractivity contribution in [2.75, 3.05) is 0 Å². The third kappa shape index (κ3) is 2.04. The van der Waals surface area contributed by atoms with E-state index in [1.807, 2.05) is 25.1 Å². The molecule has 4 nitrogen and oxygen atoms in total. The Morgan fingerprint density at radius 2 is 2.33 bits per heavy atom. The third-order valence-electron chi connectivity index (χ3n) is 2.04. The van der Waals surface area contributed by atoms with Gasteiger partial charge in [-0.2, -0.15) is 0 Å². The molecule has 1 heterocycles. The predicted octanol–water partition coefficient (Wildman–Crippen LogP) is 1.97. The van der Waals surface area contributed by atoms with Crippen molar-refractivity contribution in [2.24, 2.45) is 0 Å². The Bertz CT molecular complexity index is 541. The Hall–Kier alpha value is -2.10. The van der Waals surface area contributed by atoms with E-state index < -0.39 is 5.97 Å². The molecular weight excluding hydrogens is 192 g/mol. The Morgan fingerprint density at radius 3 is 3.07 bits per heavy atom. The lowest BCUT2D eigenvalue weighted by Gasteiger charge is -1.92. The van der Waals surface area contributed by atoms with E-state index in [-0.39, 0.29) is 0 Å². The SMILES string of the molecule is Cc1nc2ccc(C=CC(=O)O)cc2[nH]1. The smallest absolute Gasteiger partial charge is 0.328 e. The van der Waals surface area contributed by atoms with Crippen LogP contribution in [0.5, 0.6) is 0 Å². The van der Waals surface area contributed by atoms with Gasteiger partial charge in [0.15, 0.2) is 0 Å². The van der Waals surface area contributed by atoms with E-state index in [4.69, 9.17) is 5.11 Å². The van der Waals surface area contributed by atoms with Crippen molar-refractivity contribution in [1.82, 2.24) is 9.97 Å². The van der Waals surface area contributed by atoms with Crippen LogP contribution >= 0.6 is 0 Å². The number of aromatic amines is 1. The van der Waals surface area contributed by atoms with E-state index in [2.05, 4.69) is 9.97 Å². The second-order valence-electron chi connectivity index (χ2n) is 3.27. The molecule has 1 aromatic heterocycles. The van der Waals surface area contributed by atoms with Gasteiger partial charge in [0.25, 0.3) is 0 Å². The van der Waals surface area contributed by atoms with Crippen molar-refractivity contribution in [2.45, 2.75) is 6.92 Å². The lowest BCUT2D eigenvalue weighted by atomic mass is 10.2. The summed E-state index contributed by atoms with van der Waals surface area (Å²) in [6, 6.07) is 5.57. The van der Waals surface area contributed by atoms with Gasteiger partial charge in [-0.15, -0.1) is 0 Å². The molecule has 0 unspecified atom stereocenters. The summed E-state index contributed by atoms with van der Waals surface area (Å²) in [6.45, 7) is 1.88. The molecule has 0 radical (unpaired) electrons. The largest absolute Gasteiger partial charge is 0.478 e. The number of aromatic nitrogens is 2. The van der Waals surface area contributed by atoms with Crippen LogP contribution in [0.2, 0.25) is 0 Å². The fourth-order valence-corrected chi connectivity index (χ4v) is 1.43. The first kappa shape index (κ1) is 9.45. The standard InChI is InChI=1S/C11H10N2O2/c1-7-12-9-4-2-8(3-5-11(14)15)6-10(9)13-7/h2-6H,1H3,(H,12,13)(H,14,15). The fraction of sp³-hybridized carbons (Fsp3) is 0.0909. The van der Waals surface area contributed by atoms with Crippen LogP contribution in [0.3, 0.4) is 0 Å². The average molecular weight is 202 g/mol. The van der Waals surface area contributed by atoms with Crippen molar-refractivity contribution in [3.63, 3.8) is 0 Å². The number of aryl methyl sites for hydroxylation is 1. The first-order chi connectivity index (χ1) is 7.15. The lowest BCUT2D eigenvalue weighted by molar-refractivity contribution is -0.131. The maximum atomic E-state index is 10.3. The molecule has 2 rings (SSSR count). The maximum absolute atomic E-state index is 10.3. The van der Waals surface area contributed by atoms with Gasteiger partial charge in [-0.3, -0.25) is 0 Å². The summed E-state index contributed by atoms with van der Waals surface area (Å²) in [5.74, 6) is -0.0970. The minimum atomic E-state index is -0.948. The van der Waals surface area contributed by atoms with Crippen LogP contribution in [0.1, 0.15) is 11.4 Å². The summed E-state index contributed by atoms with van der Waals surface area (Å²) >= 11 is 0. The number of H-pyrrole nitrogens is 1. The molecule has 2 N–H and O–H groups in total. The van der Waals surface area contributed by atoms with Crippen molar-refractivity contribution >= 4 is 23.1 Å². The highest BCUT2D eigenvalue weighted by atomic mass is 16.4. The van der Waals surface area contributed by atoms with Gasteiger partial charge in [0.05, 0.1) is 11.0 Å². The quantitative estimate of drug-likeness (QED) is 0.731. The van der Waals surface area contributed by atoms with Crippen molar-refractivity contribution in [3.05, 3.63) is 35.7 Å². The molecule has 1 aromatic carbocycles. The number of aliphatic carboxylic acids is 1. The minimum absolute atomic E-state index is 0.841. The van der Waals surface area contributed by atoms with Crippen molar-refractivity contribution < 1.29 is 9.90 Å². The molecule has 0 spiro atoms. The van der Waals surface area contributed by atoms with E-state index in [1.54, 1.807) is 6.08 Å². The number of benzene rings is 1. The van der Waals surface area contributed by atoms with Gasteiger partial charge < -0.3 is 10.1 Å². The summed E-state index contributed by atoms with van der Waals surface area (Å²) in [7, 11) is 0. The molecule has 0 amide bonds. The molecule has 2 aromatic rings. The zero-order chi connectivity index (χ0) is 10.8. The molecule has 4 heteroatoms. The summed E-state index contributed by atoms with van der Waals surface area (Å²) in [6.07, 6.45) is 2.67. The highest BCUT2D eigenvalue weighted by Crippen LogP contribution is 2.14. The average Bonchev–Trinajstić information content (AvgIpc) is 2.53. The van der Waals surface area contributed by atoms with Crippen LogP contribution in [0, 0.1) is 6.92 Å². The molecule has 0 aliphatic rings. The number of imidazole rings is 1. The first-order valence-electron chi connectivity index (χ1n) is 4.52. The predicted molar refractivity (Wildman–Crippen MR) is 57.5 cm³/mol. The number of carboxylic acid groups (broad SMARTS) is 1. The maximum Gasteiger partial charge on any atom is 0.328 e. The summed E-state index contributed by atoms with van der Waals surface area (Å²) in [4.78, 5) is 17.7. The topological polar surface area (TPSA) is 66.0 Å². The number of fused-ring (bicyclic) bond motifs is 1. The third-order valence-corrected chi connectivity index (χ3v) is 2.04. The summed E-state index contributed by atoms with van der Waals surface area (Å²) < 4.78 is 0. The molecule has 0 fully saturated rings. The molecule has 0 aliphatic heterocycles. The van der Waals surface area contributed by atoms with E-state index in [0.717, 1.165) is 28.5 Å². The van der Waals surface area contributed by atoms with E-state index >= 15 is 0 Å². The first-order valence-corrected chi connectivity index (χ1v) is 4.52. The normalized spacial score (nSPS) is 11.3. The second-order valence-corrected chi connectivity index (χ2v) is 3.27. The molecule has 0 atom stereocenters. The summed E-state index contributed by atoms with van der Waals surface area (Å²) in [5.41, 5.74) is 2.65. The zero-order valence-electron chi connectivity index (χ0n) is 8.19.